The van der Waals surface area contributed by atoms with E-state index >= 15 is 0 Å². The van der Waals surface area contributed by atoms with Gasteiger partial charge in [0.05, 0.1) is 11.2 Å². The number of rotatable bonds is 2. The molecule has 1 heterocycles. The summed E-state index contributed by atoms with van der Waals surface area (Å²) in [4.78, 5) is 14.1. The van der Waals surface area contributed by atoms with Gasteiger partial charge in [-0.25, -0.2) is 4.79 Å². The summed E-state index contributed by atoms with van der Waals surface area (Å²) in [5.74, 6) is 0. The highest BCUT2D eigenvalue weighted by molar-refractivity contribution is 5.95. The summed E-state index contributed by atoms with van der Waals surface area (Å²) < 4.78 is 1.74. The van der Waals surface area contributed by atoms with Crippen molar-refractivity contribution in [1.82, 2.24) is 9.47 Å². The zero-order valence-electron chi connectivity index (χ0n) is 12.7. The Hall–Kier alpha value is -2.81. The fraction of sp³-hybridized carbons (Fsp3) is 0.105. The molecule has 0 unspecified atom stereocenters. The first kappa shape index (κ1) is 14.1. The van der Waals surface area contributed by atoms with E-state index in [2.05, 4.69) is 0 Å². The van der Waals surface area contributed by atoms with Crippen LogP contribution in [-0.2, 0) is 0 Å². The summed E-state index contributed by atoms with van der Waals surface area (Å²) in [6.07, 6.45) is 4.00. The molecule has 1 amide bonds. The highest BCUT2D eigenvalue weighted by atomic mass is 16.2. The van der Waals surface area contributed by atoms with Crippen molar-refractivity contribution in [2.45, 2.75) is 0 Å². The highest BCUT2D eigenvalue weighted by Gasteiger charge is 2.14. The predicted molar refractivity (Wildman–Crippen MR) is 91.8 cm³/mol. The van der Waals surface area contributed by atoms with E-state index in [9.17, 15) is 4.79 Å². The van der Waals surface area contributed by atoms with E-state index in [1.807, 2.05) is 72.8 Å². The summed E-state index contributed by atoms with van der Waals surface area (Å²) in [6.45, 7) is 0. The van der Waals surface area contributed by atoms with E-state index in [4.69, 9.17) is 0 Å². The van der Waals surface area contributed by atoms with Crippen LogP contribution < -0.4 is 0 Å². The molecule has 0 radical (unpaired) electrons. The van der Waals surface area contributed by atoms with E-state index in [0.717, 1.165) is 22.2 Å². The van der Waals surface area contributed by atoms with Crippen LogP contribution in [0.1, 0.15) is 11.3 Å². The Morgan fingerprint density at radius 3 is 2.36 bits per heavy atom. The Bertz CT molecular complexity index is 829. The number of hydrogen-bond donors (Lipinski definition) is 0. The van der Waals surface area contributed by atoms with Gasteiger partial charge >= 0.3 is 6.03 Å². The van der Waals surface area contributed by atoms with Crippen molar-refractivity contribution in [2.24, 2.45) is 0 Å². The van der Waals surface area contributed by atoms with Crippen molar-refractivity contribution in [2.75, 3.05) is 14.1 Å². The third-order valence-corrected chi connectivity index (χ3v) is 3.56. The third-order valence-electron chi connectivity index (χ3n) is 3.56. The number of benzene rings is 2. The molecule has 0 fully saturated rings. The Labute approximate surface area is 130 Å². The van der Waals surface area contributed by atoms with Crippen LogP contribution in [0.25, 0.3) is 23.1 Å². The average molecular weight is 290 g/mol. The lowest BCUT2D eigenvalue weighted by Gasteiger charge is -2.13. The monoisotopic (exact) mass is 290 g/mol. The van der Waals surface area contributed by atoms with Gasteiger partial charge in [0, 0.05) is 19.5 Å². The number of nitrogens with zero attached hydrogens (tertiary/aromatic N) is 2. The Kier molecular flexibility index (Phi) is 3.79. The quantitative estimate of drug-likeness (QED) is 0.689. The maximum atomic E-state index is 12.5. The van der Waals surface area contributed by atoms with Gasteiger partial charge in [0.2, 0.25) is 0 Å². The minimum absolute atomic E-state index is 0.0473. The molecule has 3 aromatic rings. The summed E-state index contributed by atoms with van der Waals surface area (Å²) in [6, 6.07) is 20.0. The zero-order chi connectivity index (χ0) is 15.5. The van der Waals surface area contributed by atoms with Gasteiger partial charge in [-0.2, -0.15) is 0 Å². The second-order valence-corrected chi connectivity index (χ2v) is 5.38. The second kappa shape index (κ2) is 5.90. The zero-order valence-corrected chi connectivity index (χ0v) is 12.7. The van der Waals surface area contributed by atoms with Crippen molar-refractivity contribution < 1.29 is 4.79 Å². The largest absolute Gasteiger partial charge is 0.330 e. The molecular formula is C19H18N2O. The lowest BCUT2D eigenvalue weighted by Crippen LogP contribution is -2.27. The molecule has 3 rings (SSSR count). The van der Waals surface area contributed by atoms with Gasteiger partial charge in [-0.1, -0.05) is 54.6 Å². The maximum absolute atomic E-state index is 12.5. The Balaban J connectivity index is 2.10. The summed E-state index contributed by atoms with van der Waals surface area (Å²) in [7, 11) is 3.53. The molecule has 110 valence electrons. The van der Waals surface area contributed by atoms with Crippen LogP contribution in [0, 0.1) is 0 Å². The van der Waals surface area contributed by atoms with Crippen LogP contribution in [0.3, 0.4) is 0 Å². The minimum atomic E-state index is -0.0473. The minimum Gasteiger partial charge on any atom is -0.330 e. The first-order chi connectivity index (χ1) is 10.7. The number of aromatic nitrogens is 1. The van der Waals surface area contributed by atoms with Crippen molar-refractivity contribution in [1.29, 1.82) is 0 Å². The summed E-state index contributed by atoms with van der Waals surface area (Å²) in [5.41, 5.74) is 2.91. The molecule has 0 atom stereocenters. The van der Waals surface area contributed by atoms with Crippen LogP contribution in [-0.4, -0.2) is 29.6 Å². The molecule has 0 N–H and O–H groups in total. The number of fused-ring (bicyclic) bond motifs is 1. The molecule has 22 heavy (non-hydrogen) atoms. The van der Waals surface area contributed by atoms with Crippen LogP contribution in [0.4, 0.5) is 4.79 Å². The molecular weight excluding hydrogens is 272 g/mol. The van der Waals surface area contributed by atoms with Gasteiger partial charge in [0.25, 0.3) is 0 Å². The third kappa shape index (κ3) is 2.66. The molecule has 0 spiro atoms. The first-order valence-corrected chi connectivity index (χ1v) is 7.22. The van der Waals surface area contributed by atoms with Crippen LogP contribution in [0.15, 0.2) is 60.7 Å². The predicted octanol–water partition coefficient (Wildman–Crippen LogP) is 4.34. The van der Waals surface area contributed by atoms with E-state index in [1.165, 1.54) is 0 Å². The van der Waals surface area contributed by atoms with Gasteiger partial charge in [-0.3, -0.25) is 4.57 Å². The van der Waals surface area contributed by atoms with Gasteiger partial charge in [0.15, 0.2) is 0 Å². The number of amides is 1. The molecule has 3 nitrogen and oxygen atoms in total. The fourth-order valence-electron chi connectivity index (χ4n) is 2.46. The van der Waals surface area contributed by atoms with Crippen molar-refractivity contribution in [3.63, 3.8) is 0 Å². The van der Waals surface area contributed by atoms with Crippen molar-refractivity contribution >= 4 is 29.1 Å². The molecule has 0 aliphatic rings. The molecule has 2 aromatic carbocycles. The molecule has 0 saturated carbocycles. The number of para-hydroxylation sites is 1. The normalized spacial score (nSPS) is 11.2. The average Bonchev–Trinajstić information content (AvgIpc) is 2.91. The van der Waals surface area contributed by atoms with E-state index in [0.29, 0.717) is 0 Å². The molecule has 3 heteroatoms. The Morgan fingerprint density at radius 1 is 0.955 bits per heavy atom. The molecule has 0 aliphatic heterocycles. The summed E-state index contributed by atoms with van der Waals surface area (Å²) in [5, 5.41) is 1.06. The first-order valence-electron chi connectivity index (χ1n) is 7.22. The highest BCUT2D eigenvalue weighted by Crippen LogP contribution is 2.22. The number of hydrogen-bond acceptors (Lipinski definition) is 1. The van der Waals surface area contributed by atoms with E-state index < -0.39 is 0 Å². The fourth-order valence-corrected chi connectivity index (χ4v) is 2.46. The van der Waals surface area contributed by atoms with Crippen molar-refractivity contribution in [3.8, 4) is 0 Å². The van der Waals surface area contributed by atoms with E-state index in [1.54, 1.807) is 23.6 Å². The maximum Gasteiger partial charge on any atom is 0.328 e. The van der Waals surface area contributed by atoms with Gasteiger partial charge in [0.1, 0.15) is 0 Å². The van der Waals surface area contributed by atoms with E-state index in [-0.39, 0.29) is 6.03 Å². The lowest BCUT2D eigenvalue weighted by atomic mass is 10.2. The van der Waals surface area contributed by atoms with Gasteiger partial charge in [-0.15, -0.1) is 0 Å². The standard InChI is InChI=1S/C19H18N2O/c1-20(2)19(22)21-17(13-12-15-8-4-3-5-9-15)14-16-10-6-7-11-18(16)21/h3-14H,1-2H3/b13-12+. The summed E-state index contributed by atoms with van der Waals surface area (Å²) >= 11 is 0. The van der Waals surface area contributed by atoms with Crippen LogP contribution >= 0.6 is 0 Å². The Morgan fingerprint density at radius 2 is 1.64 bits per heavy atom. The topological polar surface area (TPSA) is 25.2 Å². The van der Waals surface area contributed by atoms with Gasteiger partial charge < -0.3 is 4.90 Å². The molecule has 0 bridgehead atoms. The van der Waals surface area contributed by atoms with Gasteiger partial charge in [-0.05, 0) is 23.8 Å². The molecule has 1 aromatic heterocycles. The smallest absolute Gasteiger partial charge is 0.328 e. The second-order valence-electron chi connectivity index (χ2n) is 5.38. The van der Waals surface area contributed by atoms with Crippen molar-refractivity contribution in [3.05, 3.63) is 71.9 Å². The lowest BCUT2D eigenvalue weighted by molar-refractivity contribution is 0.220. The number of carbonyl (C=O) groups excluding carboxylic acids is 1. The SMILES string of the molecule is CN(C)C(=O)n1c(/C=C/c2ccccc2)cc2ccccc21. The number of carbonyl (C=O) groups is 1. The van der Waals surface area contributed by atoms with Crippen LogP contribution in [0.2, 0.25) is 0 Å². The molecule has 0 saturated heterocycles. The molecule has 0 aliphatic carbocycles. The van der Waals surface area contributed by atoms with Crippen LogP contribution in [0.5, 0.6) is 0 Å².